The van der Waals surface area contributed by atoms with Crippen molar-refractivity contribution in [2.24, 2.45) is 23.2 Å². The monoisotopic (exact) mass is 353 g/mol. The van der Waals surface area contributed by atoms with Crippen molar-refractivity contribution in [3.8, 4) is 0 Å². The van der Waals surface area contributed by atoms with Crippen molar-refractivity contribution in [3.63, 3.8) is 0 Å². The first-order valence-electron chi connectivity index (χ1n) is 9.24. The van der Waals surface area contributed by atoms with Gasteiger partial charge in [0.1, 0.15) is 10.7 Å². The fourth-order valence-corrected chi connectivity index (χ4v) is 6.79. The third-order valence-electron chi connectivity index (χ3n) is 6.40. The maximum atomic E-state index is 13.4. The number of benzene rings is 1. The fourth-order valence-electron chi connectivity index (χ4n) is 5.82. The van der Waals surface area contributed by atoms with Gasteiger partial charge in [-0.05, 0) is 68.4 Å². The van der Waals surface area contributed by atoms with E-state index in [1.165, 1.54) is 30.6 Å². The van der Waals surface area contributed by atoms with E-state index in [0.717, 1.165) is 42.7 Å². The lowest BCUT2D eigenvalue weighted by Gasteiger charge is -2.55. The van der Waals surface area contributed by atoms with Crippen molar-refractivity contribution in [1.29, 1.82) is 0 Å². The van der Waals surface area contributed by atoms with Crippen molar-refractivity contribution in [2.45, 2.75) is 38.5 Å². The summed E-state index contributed by atoms with van der Waals surface area (Å²) in [4.78, 5) is 18.5. The van der Waals surface area contributed by atoms with Crippen molar-refractivity contribution >= 4 is 33.8 Å². The van der Waals surface area contributed by atoms with Crippen LogP contribution >= 0.6 is 11.3 Å². The van der Waals surface area contributed by atoms with Crippen molar-refractivity contribution in [3.05, 3.63) is 35.2 Å². The summed E-state index contributed by atoms with van der Waals surface area (Å²) in [7, 11) is 0. The fraction of sp³-hybridized carbons (Fsp3) is 0.500. The molecule has 0 aliphatic heterocycles. The number of hydrogen-bond acceptors (Lipinski definition) is 5. The summed E-state index contributed by atoms with van der Waals surface area (Å²) >= 11 is 1.41. The molecule has 1 aromatic carbocycles. The van der Waals surface area contributed by atoms with Crippen LogP contribution in [0.4, 0.5) is 16.6 Å². The number of rotatable bonds is 4. The first-order chi connectivity index (χ1) is 12.1. The molecule has 0 amide bonds. The minimum atomic E-state index is -0.153. The largest absolute Gasteiger partial charge is 0.382 e. The molecular weight excluding hydrogens is 330 g/mol. The van der Waals surface area contributed by atoms with Gasteiger partial charge in [-0.25, -0.2) is 4.98 Å². The second-order valence-corrected chi connectivity index (χ2v) is 9.25. The minimum absolute atomic E-state index is 0.153. The van der Waals surface area contributed by atoms with E-state index in [2.05, 4.69) is 10.3 Å². The molecule has 0 spiro atoms. The Morgan fingerprint density at radius 2 is 1.68 bits per heavy atom. The summed E-state index contributed by atoms with van der Waals surface area (Å²) in [5.41, 5.74) is 6.96. The Morgan fingerprint density at radius 1 is 1.08 bits per heavy atom. The van der Waals surface area contributed by atoms with Crippen LogP contribution in [0.1, 0.15) is 48.2 Å². The lowest BCUT2D eigenvalue weighted by Crippen LogP contribution is -2.49. The molecule has 2 aromatic rings. The van der Waals surface area contributed by atoms with Gasteiger partial charge in [-0.1, -0.05) is 29.5 Å². The molecule has 4 nitrogen and oxygen atoms in total. The topological polar surface area (TPSA) is 68.0 Å². The molecule has 4 fully saturated rings. The third-order valence-corrected chi connectivity index (χ3v) is 7.39. The summed E-state index contributed by atoms with van der Waals surface area (Å²) < 4.78 is 0. The molecule has 6 rings (SSSR count). The lowest BCUT2D eigenvalue weighted by molar-refractivity contribution is -0.0350. The van der Waals surface area contributed by atoms with Crippen molar-refractivity contribution in [1.82, 2.24) is 4.98 Å². The van der Waals surface area contributed by atoms with Gasteiger partial charge in [0, 0.05) is 11.1 Å². The molecule has 0 radical (unpaired) electrons. The highest BCUT2D eigenvalue weighted by Gasteiger charge is 2.55. The number of anilines is 3. The summed E-state index contributed by atoms with van der Waals surface area (Å²) in [5.74, 6) is 2.93. The Hall–Kier alpha value is -1.88. The van der Waals surface area contributed by atoms with E-state index in [0.29, 0.717) is 15.8 Å². The highest BCUT2D eigenvalue weighted by Crippen LogP contribution is 2.61. The normalized spacial score (nSPS) is 32.7. The number of carbonyl (C=O) groups is 1. The number of para-hydroxylation sites is 1. The summed E-state index contributed by atoms with van der Waals surface area (Å²) in [6, 6.07) is 9.89. The zero-order chi connectivity index (χ0) is 17.0. The number of hydrogen-bond donors (Lipinski definition) is 2. The molecule has 1 heterocycles. The standard InChI is InChI=1S/C20H23N3OS/c21-18-16(25-19(23-18)22-15-4-2-1-3-5-15)17(24)20-9-12-6-13(10-20)8-14(7-12)11-20/h1-5,12-14H,6-11,21H2,(H,22,23). The smallest absolute Gasteiger partial charge is 0.189 e. The number of ketones is 1. The third kappa shape index (κ3) is 2.56. The number of aromatic nitrogens is 1. The number of carbonyl (C=O) groups excluding carboxylic acids is 1. The Balaban J connectivity index is 1.43. The van der Waals surface area contributed by atoms with Gasteiger partial charge in [-0.15, -0.1) is 0 Å². The molecular formula is C20H23N3OS. The molecule has 4 aliphatic rings. The second kappa shape index (κ2) is 5.56. The van der Waals surface area contributed by atoms with Crippen LogP contribution in [0.25, 0.3) is 0 Å². The Kier molecular flexibility index (Phi) is 3.42. The number of nitrogens with zero attached hydrogens (tertiary/aromatic N) is 1. The van der Waals surface area contributed by atoms with Gasteiger partial charge in [0.2, 0.25) is 0 Å². The first kappa shape index (κ1) is 15.4. The van der Waals surface area contributed by atoms with E-state index in [1.54, 1.807) is 0 Å². The van der Waals surface area contributed by atoms with Gasteiger partial charge in [-0.3, -0.25) is 4.79 Å². The highest BCUT2D eigenvalue weighted by molar-refractivity contribution is 7.18. The van der Waals surface area contributed by atoms with E-state index in [9.17, 15) is 4.79 Å². The number of nitrogens with one attached hydrogen (secondary N) is 1. The number of thiazole rings is 1. The van der Waals surface area contributed by atoms with E-state index in [4.69, 9.17) is 5.73 Å². The summed E-state index contributed by atoms with van der Waals surface area (Å²) in [5, 5.41) is 3.97. The van der Waals surface area contributed by atoms with Crippen LogP contribution in [0, 0.1) is 23.2 Å². The average Bonchev–Trinajstić information content (AvgIpc) is 2.94. The zero-order valence-corrected chi connectivity index (χ0v) is 15.0. The molecule has 4 bridgehead atoms. The van der Waals surface area contributed by atoms with Crippen LogP contribution in [0.3, 0.4) is 0 Å². The maximum absolute atomic E-state index is 13.4. The van der Waals surface area contributed by atoms with Gasteiger partial charge >= 0.3 is 0 Å². The van der Waals surface area contributed by atoms with E-state index < -0.39 is 0 Å². The Bertz CT molecular complexity index is 778. The van der Waals surface area contributed by atoms with Gasteiger partial charge in [0.15, 0.2) is 10.9 Å². The molecule has 1 aromatic heterocycles. The van der Waals surface area contributed by atoms with Crippen LogP contribution in [-0.4, -0.2) is 10.8 Å². The molecule has 130 valence electrons. The summed E-state index contributed by atoms with van der Waals surface area (Å²) in [6.07, 6.45) is 7.21. The van der Waals surface area contributed by atoms with Crippen molar-refractivity contribution in [2.75, 3.05) is 11.1 Å². The molecule has 4 aliphatic carbocycles. The number of nitrogens with two attached hydrogens (primary N) is 1. The molecule has 4 saturated carbocycles. The van der Waals surface area contributed by atoms with Gasteiger partial charge in [-0.2, -0.15) is 0 Å². The van der Waals surface area contributed by atoms with E-state index in [-0.39, 0.29) is 11.2 Å². The minimum Gasteiger partial charge on any atom is -0.382 e. The van der Waals surface area contributed by atoms with Crippen molar-refractivity contribution < 1.29 is 4.79 Å². The maximum Gasteiger partial charge on any atom is 0.189 e. The molecule has 0 saturated heterocycles. The quantitative estimate of drug-likeness (QED) is 0.770. The van der Waals surface area contributed by atoms with Gasteiger partial charge in [0.05, 0.1) is 0 Å². The van der Waals surface area contributed by atoms with Crippen LogP contribution < -0.4 is 11.1 Å². The van der Waals surface area contributed by atoms with E-state index in [1.807, 2.05) is 30.3 Å². The zero-order valence-electron chi connectivity index (χ0n) is 14.2. The molecule has 0 unspecified atom stereocenters. The summed E-state index contributed by atoms with van der Waals surface area (Å²) in [6.45, 7) is 0. The first-order valence-corrected chi connectivity index (χ1v) is 10.1. The molecule has 5 heteroatoms. The van der Waals surface area contributed by atoms with Gasteiger partial charge in [0.25, 0.3) is 0 Å². The molecule has 0 atom stereocenters. The van der Waals surface area contributed by atoms with Crippen LogP contribution in [-0.2, 0) is 0 Å². The SMILES string of the molecule is Nc1nc(Nc2ccccc2)sc1C(=O)C12CC3CC(CC(C3)C1)C2. The van der Waals surface area contributed by atoms with Crippen LogP contribution in [0.5, 0.6) is 0 Å². The average molecular weight is 353 g/mol. The number of Topliss-reactive ketones (excluding diaryl/α,β-unsaturated/α-hetero) is 1. The predicted molar refractivity (Wildman–Crippen MR) is 101 cm³/mol. The predicted octanol–water partition coefficient (Wildman–Crippen LogP) is 4.87. The van der Waals surface area contributed by atoms with Crippen LogP contribution in [0.2, 0.25) is 0 Å². The molecule has 3 N–H and O–H groups in total. The second-order valence-electron chi connectivity index (χ2n) is 8.25. The highest BCUT2D eigenvalue weighted by atomic mass is 32.1. The van der Waals surface area contributed by atoms with Gasteiger partial charge < -0.3 is 11.1 Å². The lowest BCUT2D eigenvalue weighted by atomic mass is 9.48. The number of nitrogen functional groups attached to an aromatic ring is 1. The Morgan fingerprint density at radius 3 is 2.28 bits per heavy atom. The molecule has 25 heavy (non-hydrogen) atoms. The Labute approximate surface area is 151 Å². The van der Waals surface area contributed by atoms with E-state index >= 15 is 0 Å². The van der Waals surface area contributed by atoms with Crippen LogP contribution in [0.15, 0.2) is 30.3 Å².